The monoisotopic (exact) mass is 219 g/mol. The minimum absolute atomic E-state index is 0.264. The summed E-state index contributed by atoms with van der Waals surface area (Å²) in [6, 6.07) is 8.78. The number of benzene rings is 1. The minimum atomic E-state index is 0.264. The van der Waals surface area contributed by atoms with Crippen LogP contribution in [-0.2, 0) is 12.8 Å². The average Bonchev–Trinajstić information content (AvgIpc) is 2.29. The number of hydrogen-bond donors (Lipinski definition) is 1. The van der Waals surface area contributed by atoms with Crippen molar-refractivity contribution >= 4 is 0 Å². The van der Waals surface area contributed by atoms with Crippen molar-refractivity contribution in [2.45, 2.75) is 19.3 Å². The van der Waals surface area contributed by atoms with Crippen LogP contribution in [-0.4, -0.2) is 36.8 Å². The van der Waals surface area contributed by atoms with Gasteiger partial charge in [0.1, 0.15) is 0 Å². The molecule has 2 nitrogen and oxygen atoms in total. The lowest BCUT2D eigenvalue weighted by Gasteiger charge is -2.28. The van der Waals surface area contributed by atoms with Gasteiger partial charge in [0.15, 0.2) is 0 Å². The molecule has 1 atom stereocenters. The number of fused-ring (bicyclic) bond motifs is 1. The van der Waals surface area contributed by atoms with Gasteiger partial charge in [0, 0.05) is 13.1 Å². The van der Waals surface area contributed by atoms with Gasteiger partial charge in [0.2, 0.25) is 0 Å². The lowest BCUT2D eigenvalue weighted by Crippen LogP contribution is -2.31. The molecule has 2 rings (SSSR count). The Hall–Kier alpha value is -0.860. The molecule has 88 valence electrons. The van der Waals surface area contributed by atoms with Gasteiger partial charge in [-0.3, -0.25) is 0 Å². The van der Waals surface area contributed by atoms with E-state index in [-0.39, 0.29) is 6.61 Å². The SMILES string of the molecule is CN(CCO)CC1CCc2ccccc2C1. The Morgan fingerprint density at radius 1 is 1.31 bits per heavy atom. The molecule has 1 aromatic rings. The highest BCUT2D eigenvalue weighted by atomic mass is 16.3. The molecule has 0 heterocycles. The van der Waals surface area contributed by atoms with E-state index in [1.54, 1.807) is 0 Å². The predicted molar refractivity (Wildman–Crippen MR) is 66.5 cm³/mol. The highest BCUT2D eigenvalue weighted by Crippen LogP contribution is 2.25. The van der Waals surface area contributed by atoms with Crippen LogP contribution in [0.15, 0.2) is 24.3 Å². The molecule has 1 unspecified atom stereocenters. The molecule has 0 aromatic heterocycles. The number of likely N-dealkylation sites (N-methyl/N-ethyl adjacent to an activating group) is 1. The molecule has 0 radical (unpaired) electrons. The maximum absolute atomic E-state index is 8.88. The maximum atomic E-state index is 8.88. The van der Waals surface area contributed by atoms with E-state index < -0.39 is 0 Å². The Morgan fingerprint density at radius 2 is 2.06 bits per heavy atom. The topological polar surface area (TPSA) is 23.5 Å². The van der Waals surface area contributed by atoms with Crippen LogP contribution in [0.3, 0.4) is 0 Å². The summed E-state index contributed by atoms with van der Waals surface area (Å²) in [7, 11) is 2.09. The molecule has 16 heavy (non-hydrogen) atoms. The number of rotatable bonds is 4. The molecular weight excluding hydrogens is 198 g/mol. The number of aryl methyl sites for hydroxylation is 1. The third-order valence-corrected chi connectivity index (χ3v) is 3.50. The van der Waals surface area contributed by atoms with Crippen LogP contribution in [0, 0.1) is 5.92 Å². The lowest BCUT2D eigenvalue weighted by atomic mass is 9.84. The van der Waals surface area contributed by atoms with Gasteiger partial charge in [-0.2, -0.15) is 0 Å². The van der Waals surface area contributed by atoms with Crippen molar-refractivity contribution < 1.29 is 5.11 Å². The molecule has 0 amide bonds. The second-order valence-electron chi connectivity index (χ2n) is 4.86. The van der Waals surface area contributed by atoms with Gasteiger partial charge in [0.25, 0.3) is 0 Å². The van der Waals surface area contributed by atoms with Gasteiger partial charge >= 0.3 is 0 Å². The van der Waals surface area contributed by atoms with Crippen molar-refractivity contribution in [2.24, 2.45) is 5.92 Å². The molecule has 0 aliphatic heterocycles. The van der Waals surface area contributed by atoms with E-state index in [1.165, 1.54) is 30.4 Å². The molecule has 0 bridgehead atoms. The van der Waals surface area contributed by atoms with Crippen LogP contribution < -0.4 is 0 Å². The molecule has 1 N–H and O–H groups in total. The van der Waals surface area contributed by atoms with Crippen LogP contribution in [0.4, 0.5) is 0 Å². The summed E-state index contributed by atoms with van der Waals surface area (Å²) >= 11 is 0. The van der Waals surface area contributed by atoms with Gasteiger partial charge in [0.05, 0.1) is 6.61 Å². The van der Waals surface area contributed by atoms with Crippen molar-refractivity contribution in [1.82, 2.24) is 4.90 Å². The van der Waals surface area contributed by atoms with Gasteiger partial charge in [-0.05, 0) is 43.4 Å². The van der Waals surface area contributed by atoms with E-state index in [4.69, 9.17) is 5.11 Å². The zero-order valence-corrected chi connectivity index (χ0v) is 10.0. The van der Waals surface area contributed by atoms with Crippen molar-refractivity contribution in [3.8, 4) is 0 Å². The molecule has 0 saturated heterocycles. The number of aliphatic hydroxyl groups excluding tert-OH is 1. The Bertz CT molecular complexity index is 337. The molecule has 0 spiro atoms. The molecule has 0 fully saturated rings. The van der Waals surface area contributed by atoms with Gasteiger partial charge in [-0.15, -0.1) is 0 Å². The summed E-state index contributed by atoms with van der Waals surface area (Å²) in [5, 5.41) is 8.88. The summed E-state index contributed by atoms with van der Waals surface area (Å²) in [4.78, 5) is 2.23. The summed E-state index contributed by atoms with van der Waals surface area (Å²) < 4.78 is 0. The molecule has 1 aromatic carbocycles. The standard InChI is InChI=1S/C14H21NO/c1-15(8-9-16)11-12-6-7-13-4-2-3-5-14(13)10-12/h2-5,12,16H,6-11H2,1H3. The van der Waals surface area contributed by atoms with Crippen LogP contribution >= 0.6 is 0 Å². The van der Waals surface area contributed by atoms with Crippen LogP contribution in [0.25, 0.3) is 0 Å². The second kappa shape index (κ2) is 5.46. The van der Waals surface area contributed by atoms with Gasteiger partial charge in [-0.25, -0.2) is 0 Å². The molecule has 2 heteroatoms. The summed E-state index contributed by atoms with van der Waals surface area (Å²) in [6.45, 7) is 2.16. The van der Waals surface area contributed by atoms with Gasteiger partial charge < -0.3 is 10.0 Å². The van der Waals surface area contributed by atoms with Crippen LogP contribution in [0.2, 0.25) is 0 Å². The van der Waals surface area contributed by atoms with E-state index in [1.807, 2.05) is 0 Å². The highest BCUT2D eigenvalue weighted by molar-refractivity contribution is 5.29. The van der Waals surface area contributed by atoms with Crippen LogP contribution in [0.5, 0.6) is 0 Å². The van der Waals surface area contributed by atoms with Crippen molar-refractivity contribution in [1.29, 1.82) is 0 Å². The molecular formula is C14H21NO. The zero-order chi connectivity index (χ0) is 11.4. The molecule has 1 aliphatic carbocycles. The predicted octanol–water partition coefficient (Wildman–Crippen LogP) is 1.72. The third kappa shape index (κ3) is 2.83. The quantitative estimate of drug-likeness (QED) is 0.833. The first-order chi connectivity index (χ1) is 7.79. The number of nitrogens with zero attached hydrogens (tertiary/aromatic N) is 1. The first-order valence-electron chi connectivity index (χ1n) is 6.16. The van der Waals surface area contributed by atoms with E-state index in [0.29, 0.717) is 0 Å². The maximum Gasteiger partial charge on any atom is 0.0558 e. The Labute approximate surface area is 97.9 Å². The minimum Gasteiger partial charge on any atom is -0.395 e. The molecule has 0 saturated carbocycles. The second-order valence-corrected chi connectivity index (χ2v) is 4.86. The highest BCUT2D eigenvalue weighted by Gasteiger charge is 2.19. The lowest BCUT2D eigenvalue weighted by molar-refractivity contribution is 0.196. The number of aliphatic hydroxyl groups is 1. The normalized spacial score (nSPS) is 19.8. The smallest absolute Gasteiger partial charge is 0.0558 e. The third-order valence-electron chi connectivity index (χ3n) is 3.50. The Kier molecular flexibility index (Phi) is 3.97. The first-order valence-corrected chi connectivity index (χ1v) is 6.16. The first kappa shape index (κ1) is 11.6. The van der Waals surface area contributed by atoms with E-state index in [2.05, 4.69) is 36.2 Å². The Morgan fingerprint density at radius 3 is 2.81 bits per heavy atom. The van der Waals surface area contributed by atoms with Crippen molar-refractivity contribution in [3.05, 3.63) is 35.4 Å². The van der Waals surface area contributed by atoms with Gasteiger partial charge in [-0.1, -0.05) is 24.3 Å². The fraction of sp³-hybridized carbons (Fsp3) is 0.571. The zero-order valence-electron chi connectivity index (χ0n) is 10.0. The van der Waals surface area contributed by atoms with Crippen molar-refractivity contribution in [2.75, 3.05) is 26.7 Å². The Balaban J connectivity index is 1.92. The fourth-order valence-corrected chi connectivity index (χ4v) is 2.63. The van der Waals surface area contributed by atoms with E-state index >= 15 is 0 Å². The summed E-state index contributed by atoms with van der Waals surface area (Å²) in [5.41, 5.74) is 3.06. The summed E-state index contributed by atoms with van der Waals surface area (Å²) in [5.74, 6) is 0.756. The largest absolute Gasteiger partial charge is 0.395 e. The fourth-order valence-electron chi connectivity index (χ4n) is 2.63. The van der Waals surface area contributed by atoms with E-state index in [0.717, 1.165) is 19.0 Å². The van der Waals surface area contributed by atoms with Crippen molar-refractivity contribution in [3.63, 3.8) is 0 Å². The number of hydrogen-bond acceptors (Lipinski definition) is 2. The summed E-state index contributed by atoms with van der Waals surface area (Å²) in [6.07, 6.45) is 3.70. The average molecular weight is 219 g/mol. The van der Waals surface area contributed by atoms with Crippen LogP contribution in [0.1, 0.15) is 17.5 Å². The van der Waals surface area contributed by atoms with E-state index in [9.17, 15) is 0 Å². The molecule has 1 aliphatic rings.